The highest BCUT2D eigenvalue weighted by molar-refractivity contribution is 6.74. The van der Waals surface area contributed by atoms with E-state index >= 15 is 0 Å². The minimum Gasteiger partial charge on any atom is -0.493 e. The first-order valence-electron chi connectivity index (χ1n) is 12.3. The van der Waals surface area contributed by atoms with Crippen LogP contribution in [0.5, 0.6) is 11.5 Å². The predicted octanol–water partition coefficient (Wildman–Crippen LogP) is 5.88. The van der Waals surface area contributed by atoms with Crippen molar-refractivity contribution in [3.05, 3.63) is 47.6 Å². The third-order valence-corrected chi connectivity index (χ3v) is 11.8. The Hall–Kier alpha value is -1.64. The van der Waals surface area contributed by atoms with Crippen LogP contribution in [0.3, 0.4) is 0 Å². The van der Waals surface area contributed by atoms with Gasteiger partial charge in [0.05, 0.1) is 45.2 Å². The number of aliphatic hydroxyl groups excluding tert-OH is 1. The van der Waals surface area contributed by atoms with Crippen molar-refractivity contribution in [3.8, 4) is 11.5 Å². The summed E-state index contributed by atoms with van der Waals surface area (Å²) in [5.41, 5.74) is 0.587. The predicted molar refractivity (Wildman–Crippen MR) is 146 cm³/mol. The van der Waals surface area contributed by atoms with Crippen molar-refractivity contribution >= 4 is 8.32 Å². The molecule has 0 aliphatic heterocycles. The van der Waals surface area contributed by atoms with Gasteiger partial charge in [-0.3, -0.25) is 0 Å². The van der Waals surface area contributed by atoms with Crippen LogP contribution in [0, 0.1) is 5.92 Å². The summed E-state index contributed by atoms with van der Waals surface area (Å²) in [6.45, 7) is 19.1. The number of hydrogen-bond donors (Lipinski definition) is 2. The maximum Gasteiger partial charge on any atom is 0.192 e. The lowest BCUT2D eigenvalue weighted by Crippen LogP contribution is -2.48. The molecule has 0 heterocycles. The molecule has 1 aromatic rings. The van der Waals surface area contributed by atoms with E-state index in [-0.39, 0.29) is 11.0 Å². The zero-order valence-corrected chi connectivity index (χ0v) is 24.6. The Morgan fingerprint density at radius 3 is 2.17 bits per heavy atom. The van der Waals surface area contributed by atoms with Crippen LogP contribution in [0.1, 0.15) is 54.0 Å². The lowest BCUT2D eigenvalue weighted by atomic mass is 9.82. The van der Waals surface area contributed by atoms with E-state index in [0.717, 1.165) is 11.1 Å². The van der Waals surface area contributed by atoms with Gasteiger partial charge < -0.3 is 28.8 Å². The van der Waals surface area contributed by atoms with Crippen molar-refractivity contribution in [2.75, 3.05) is 20.8 Å². The number of rotatable bonds is 13. The Morgan fingerprint density at radius 1 is 1.06 bits per heavy atom. The first kappa shape index (κ1) is 31.4. The lowest BCUT2D eigenvalue weighted by Gasteiger charge is -2.37. The van der Waals surface area contributed by atoms with Crippen LogP contribution in [-0.4, -0.2) is 57.2 Å². The summed E-state index contributed by atoms with van der Waals surface area (Å²) in [6, 6.07) is 5.64. The Labute approximate surface area is 214 Å². The molecule has 35 heavy (non-hydrogen) atoms. The third-order valence-electron chi connectivity index (χ3n) is 7.31. The van der Waals surface area contributed by atoms with Gasteiger partial charge >= 0.3 is 0 Å². The summed E-state index contributed by atoms with van der Waals surface area (Å²) in [7, 11) is 1.39. The molecule has 1 aromatic carbocycles. The highest BCUT2D eigenvalue weighted by Gasteiger charge is 2.38. The second-order valence-corrected chi connectivity index (χ2v) is 15.8. The summed E-state index contributed by atoms with van der Waals surface area (Å²) >= 11 is 0. The smallest absolute Gasteiger partial charge is 0.192 e. The van der Waals surface area contributed by atoms with E-state index in [9.17, 15) is 10.2 Å². The molecule has 0 bridgehead atoms. The number of aliphatic hydroxyl groups is 2. The second kappa shape index (κ2) is 13.1. The van der Waals surface area contributed by atoms with E-state index in [1.165, 1.54) is 0 Å². The molecule has 6 nitrogen and oxygen atoms in total. The molecule has 1 rings (SSSR count). The fourth-order valence-electron chi connectivity index (χ4n) is 3.23. The van der Waals surface area contributed by atoms with Crippen molar-refractivity contribution in [3.63, 3.8) is 0 Å². The Kier molecular flexibility index (Phi) is 11.7. The van der Waals surface area contributed by atoms with Crippen molar-refractivity contribution in [1.29, 1.82) is 0 Å². The van der Waals surface area contributed by atoms with Crippen LogP contribution < -0.4 is 9.47 Å². The number of methoxy groups -OCH3 is 2. The van der Waals surface area contributed by atoms with E-state index in [0.29, 0.717) is 24.7 Å². The maximum atomic E-state index is 10.9. The number of hydrogen-bond acceptors (Lipinski definition) is 6. The van der Waals surface area contributed by atoms with Gasteiger partial charge in [-0.05, 0) is 56.6 Å². The van der Waals surface area contributed by atoms with E-state index < -0.39 is 26.1 Å². The SMILES string of the molecule is COc1ccc(CO[C@H](/C=C(C)/C=C/CO[Si](C)(C)C(C)(C)C)[C@@H](C)C(C)(O)[C@H](C)O)cc1OC. The van der Waals surface area contributed by atoms with E-state index in [1.54, 1.807) is 28.1 Å². The molecule has 7 heteroatoms. The summed E-state index contributed by atoms with van der Waals surface area (Å²) in [5, 5.41) is 21.3. The van der Waals surface area contributed by atoms with Gasteiger partial charge in [-0.15, -0.1) is 0 Å². The van der Waals surface area contributed by atoms with Crippen molar-refractivity contribution in [2.45, 2.75) is 91.0 Å². The summed E-state index contributed by atoms with van der Waals surface area (Å²) in [5.74, 6) is 0.916. The number of benzene rings is 1. The molecular formula is C28H48O6Si. The molecule has 0 radical (unpaired) electrons. The van der Waals surface area contributed by atoms with Gasteiger partial charge in [-0.25, -0.2) is 0 Å². The molecule has 0 spiro atoms. The molecule has 2 N–H and O–H groups in total. The van der Waals surface area contributed by atoms with Crippen molar-refractivity contribution < 1.29 is 28.8 Å². The average molecular weight is 509 g/mol. The van der Waals surface area contributed by atoms with E-state index in [2.05, 4.69) is 33.9 Å². The zero-order valence-electron chi connectivity index (χ0n) is 23.6. The average Bonchev–Trinajstić information content (AvgIpc) is 2.77. The summed E-state index contributed by atoms with van der Waals surface area (Å²) in [6.07, 6.45) is 4.69. The Balaban J connectivity index is 3.05. The summed E-state index contributed by atoms with van der Waals surface area (Å²) in [4.78, 5) is 0. The lowest BCUT2D eigenvalue weighted by molar-refractivity contribution is -0.124. The van der Waals surface area contributed by atoms with Gasteiger partial charge in [0.1, 0.15) is 0 Å². The molecule has 0 fully saturated rings. The number of allylic oxidation sites excluding steroid dienone is 2. The van der Waals surface area contributed by atoms with Crippen LogP contribution >= 0.6 is 0 Å². The quantitative estimate of drug-likeness (QED) is 0.256. The first-order chi connectivity index (χ1) is 16.1. The Morgan fingerprint density at radius 2 is 1.66 bits per heavy atom. The molecule has 1 unspecified atom stereocenters. The maximum absolute atomic E-state index is 10.9. The monoisotopic (exact) mass is 508 g/mol. The first-order valence-corrected chi connectivity index (χ1v) is 15.2. The highest BCUT2D eigenvalue weighted by atomic mass is 28.4. The number of ether oxygens (including phenoxy) is 3. The fourth-order valence-corrected chi connectivity index (χ4v) is 4.18. The van der Waals surface area contributed by atoms with Gasteiger partial charge in [0.2, 0.25) is 0 Å². The molecule has 0 aliphatic carbocycles. The topological polar surface area (TPSA) is 77.4 Å². The van der Waals surface area contributed by atoms with Crippen LogP contribution in [0.4, 0.5) is 0 Å². The molecule has 200 valence electrons. The molecule has 0 saturated carbocycles. The Bertz CT molecular complexity index is 851. The van der Waals surface area contributed by atoms with Crippen LogP contribution in [0.15, 0.2) is 42.0 Å². The summed E-state index contributed by atoms with van der Waals surface area (Å²) < 4.78 is 23.2. The van der Waals surface area contributed by atoms with Gasteiger partial charge in [-0.2, -0.15) is 0 Å². The molecule has 0 aromatic heterocycles. The van der Waals surface area contributed by atoms with Gasteiger partial charge in [0.25, 0.3) is 0 Å². The van der Waals surface area contributed by atoms with Crippen molar-refractivity contribution in [2.24, 2.45) is 5.92 Å². The molecular weight excluding hydrogens is 460 g/mol. The minimum atomic E-state index is -1.80. The largest absolute Gasteiger partial charge is 0.493 e. The fraction of sp³-hybridized carbons (Fsp3) is 0.643. The van der Waals surface area contributed by atoms with Gasteiger partial charge in [0, 0.05) is 5.92 Å². The van der Waals surface area contributed by atoms with Crippen LogP contribution in [0.2, 0.25) is 18.1 Å². The van der Waals surface area contributed by atoms with Gasteiger partial charge in [0.15, 0.2) is 19.8 Å². The second-order valence-electron chi connectivity index (χ2n) is 11.0. The molecule has 0 aliphatic rings. The van der Waals surface area contributed by atoms with E-state index in [4.69, 9.17) is 18.6 Å². The minimum absolute atomic E-state index is 0.163. The molecule has 0 amide bonds. The standard InChI is InChI=1S/C28H48O6Si/c1-20(13-12-16-34-35(10,11)27(4,5)6)17-25(21(2)28(7,30)22(3)29)33-19-23-14-15-24(31-8)26(18-23)32-9/h12-15,17-18,21-22,25,29-30H,16,19H2,1-11H3/b13-12+,20-17+/t21-,22+,25-,28?/m1/s1. The molecule has 0 saturated heterocycles. The van der Waals surface area contributed by atoms with Crippen LogP contribution in [0.25, 0.3) is 0 Å². The highest BCUT2D eigenvalue weighted by Crippen LogP contribution is 2.36. The molecule has 4 atom stereocenters. The zero-order chi connectivity index (χ0) is 27.0. The third kappa shape index (κ3) is 9.06. The van der Waals surface area contributed by atoms with Crippen molar-refractivity contribution in [1.82, 2.24) is 0 Å². The van der Waals surface area contributed by atoms with Gasteiger partial charge in [-0.1, -0.05) is 57.6 Å². The van der Waals surface area contributed by atoms with E-state index in [1.807, 2.05) is 50.3 Å². The van der Waals surface area contributed by atoms with Crippen LogP contribution in [-0.2, 0) is 15.8 Å². The normalized spacial score (nSPS) is 17.7.